The first-order chi connectivity index (χ1) is 8.74. The second kappa shape index (κ2) is 4.58. The van der Waals surface area contributed by atoms with Crippen molar-refractivity contribution in [2.45, 2.75) is 19.4 Å². The van der Waals surface area contributed by atoms with Crippen molar-refractivity contribution >= 4 is 28.4 Å². The van der Waals surface area contributed by atoms with Gasteiger partial charge < -0.3 is 4.90 Å². The van der Waals surface area contributed by atoms with E-state index in [4.69, 9.17) is 11.6 Å². The molecule has 2 aromatic rings. The number of hydrogen-bond acceptors (Lipinski definition) is 2. The number of nitrogens with zero attached hydrogens (tertiary/aromatic N) is 2. The smallest absolute Gasteiger partial charge is 0.222 e. The molecule has 2 heterocycles. The molecule has 0 unspecified atom stereocenters. The van der Waals surface area contributed by atoms with Gasteiger partial charge in [0.05, 0.1) is 10.5 Å². The molecular formula is C14H13ClN2O. The summed E-state index contributed by atoms with van der Waals surface area (Å²) in [4.78, 5) is 17.8. The number of halogens is 1. The molecule has 1 aromatic carbocycles. The lowest BCUT2D eigenvalue weighted by Crippen LogP contribution is -2.23. The number of pyridine rings is 1. The molecule has 0 radical (unpaired) electrons. The Kier molecular flexibility index (Phi) is 2.92. The molecule has 18 heavy (non-hydrogen) atoms. The quantitative estimate of drug-likeness (QED) is 0.832. The number of carbonyl (C=O) groups excluding carboxylic acids is 1. The predicted molar refractivity (Wildman–Crippen MR) is 71.4 cm³/mol. The summed E-state index contributed by atoms with van der Waals surface area (Å²) in [6.45, 7) is 1.53. The summed E-state index contributed by atoms with van der Waals surface area (Å²) in [5.41, 5.74) is 1.99. The summed E-state index contributed by atoms with van der Waals surface area (Å²) >= 11 is 6.10. The molecule has 3 nitrogen and oxygen atoms in total. The Balaban J connectivity index is 1.91. The highest BCUT2D eigenvalue weighted by Crippen LogP contribution is 2.23. The molecule has 1 saturated heterocycles. The predicted octanol–water partition coefficient (Wildman–Crippen LogP) is 3.01. The Morgan fingerprint density at radius 3 is 3.00 bits per heavy atom. The third-order valence-corrected chi connectivity index (χ3v) is 3.63. The van der Waals surface area contributed by atoms with Crippen LogP contribution in [0.5, 0.6) is 0 Å². The van der Waals surface area contributed by atoms with Gasteiger partial charge in [-0.15, -0.1) is 0 Å². The normalized spacial score (nSPS) is 15.6. The van der Waals surface area contributed by atoms with Crippen LogP contribution in [0.2, 0.25) is 5.02 Å². The molecular weight excluding hydrogens is 248 g/mol. The lowest BCUT2D eigenvalue weighted by molar-refractivity contribution is -0.128. The molecule has 0 saturated carbocycles. The van der Waals surface area contributed by atoms with E-state index in [0.717, 1.165) is 29.4 Å². The Morgan fingerprint density at radius 2 is 2.22 bits per heavy atom. The van der Waals surface area contributed by atoms with Gasteiger partial charge in [-0.3, -0.25) is 9.78 Å². The topological polar surface area (TPSA) is 33.2 Å². The fourth-order valence-electron chi connectivity index (χ4n) is 2.35. The first-order valence-corrected chi connectivity index (χ1v) is 6.43. The molecule has 92 valence electrons. The van der Waals surface area contributed by atoms with Crippen molar-refractivity contribution in [3.8, 4) is 0 Å². The van der Waals surface area contributed by atoms with Crippen molar-refractivity contribution in [1.29, 1.82) is 0 Å². The summed E-state index contributed by atoms with van der Waals surface area (Å²) in [5, 5.41) is 1.67. The molecule has 0 spiro atoms. The molecule has 1 amide bonds. The second-order valence-corrected chi connectivity index (χ2v) is 4.97. The van der Waals surface area contributed by atoms with Crippen molar-refractivity contribution in [3.05, 3.63) is 41.0 Å². The molecule has 0 N–H and O–H groups in total. The minimum Gasteiger partial charge on any atom is -0.338 e. The van der Waals surface area contributed by atoms with E-state index in [-0.39, 0.29) is 5.91 Å². The van der Waals surface area contributed by atoms with Crippen LogP contribution in [0.1, 0.15) is 18.4 Å². The van der Waals surface area contributed by atoms with Crippen LogP contribution in [0, 0.1) is 0 Å². The lowest BCUT2D eigenvalue weighted by Gasteiger charge is -2.15. The number of aromatic nitrogens is 1. The molecule has 0 aliphatic carbocycles. The SMILES string of the molecule is O=C1CCCN1Cc1ccc2c(Cl)ccnc2c1. The van der Waals surface area contributed by atoms with Gasteiger partial charge in [0.25, 0.3) is 0 Å². The Bertz CT molecular complexity index is 612. The molecule has 0 bridgehead atoms. The number of benzene rings is 1. The molecule has 1 aliphatic heterocycles. The third kappa shape index (κ3) is 2.06. The first kappa shape index (κ1) is 11.5. The van der Waals surface area contributed by atoms with Crippen LogP contribution in [0.25, 0.3) is 10.9 Å². The summed E-state index contributed by atoms with van der Waals surface area (Å²) in [5.74, 6) is 0.245. The zero-order valence-corrected chi connectivity index (χ0v) is 10.7. The Labute approximate surface area is 110 Å². The maximum atomic E-state index is 11.6. The van der Waals surface area contributed by atoms with Gasteiger partial charge in [0, 0.05) is 31.1 Å². The maximum Gasteiger partial charge on any atom is 0.222 e. The van der Waals surface area contributed by atoms with E-state index in [1.165, 1.54) is 0 Å². The van der Waals surface area contributed by atoms with E-state index in [1.807, 2.05) is 23.1 Å². The number of likely N-dealkylation sites (tertiary alicyclic amines) is 1. The second-order valence-electron chi connectivity index (χ2n) is 4.56. The van der Waals surface area contributed by atoms with Crippen molar-refractivity contribution in [2.75, 3.05) is 6.54 Å². The molecule has 4 heteroatoms. The highest BCUT2D eigenvalue weighted by atomic mass is 35.5. The van der Waals surface area contributed by atoms with Crippen LogP contribution in [0.15, 0.2) is 30.5 Å². The average molecular weight is 261 g/mol. The number of carbonyl (C=O) groups is 1. The van der Waals surface area contributed by atoms with Crippen molar-refractivity contribution in [1.82, 2.24) is 9.88 Å². The standard InChI is InChI=1S/C14H13ClN2O/c15-12-5-6-16-13-8-10(3-4-11(12)13)9-17-7-1-2-14(17)18/h3-6,8H,1-2,7,9H2. The lowest BCUT2D eigenvalue weighted by atomic mass is 10.1. The highest BCUT2D eigenvalue weighted by Gasteiger charge is 2.20. The summed E-state index contributed by atoms with van der Waals surface area (Å²) < 4.78 is 0. The van der Waals surface area contributed by atoms with Gasteiger partial charge in [-0.25, -0.2) is 0 Å². The maximum absolute atomic E-state index is 11.6. The van der Waals surface area contributed by atoms with E-state index in [9.17, 15) is 4.79 Å². The zero-order valence-electron chi connectivity index (χ0n) is 9.90. The molecule has 1 fully saturated rings. The van der Waals surface area contributed by atoms with Gasteiger partial charge in [0.2, 0.25) is 5.91 Å². The number of rotatable bonds is 2. The van der Waals surface area contributed by atoms with Crippen LogP contribution in [0.3, 0.4) is 0 Å². The van der Waals surface area contributed by atoms with E-state index < -0.39 is 0 Å². The van der Waals surface area contributed by atoms with Crippen molar-refractivity contribution in [3.63, 3.8) is 0 Å². The summed E-state index contributed by atoms with van der Waals surface area (Å²) in [6.07, 6.45) is 3.35. The van der Waals surface area contributed by atoms with Gasteiger partial charge in [-0.1, -0.05) is 23.7 Å². The highest BCUT2D eigenvalue weighted by molar-refractivity contribution is 6.35. The van der Waals surface area contributed by atoms with Gasteiger partial charge >= 0.3 is 0 Å². The fourth-order valence-corrected chi connectivity index (χ4v) is 2.56. The minimum absolute atomic E-state index is 0.245. The average Bonchev–Trinajstić information content (AvgIpc) is 2.75. The van der Waals surface area contributed by atoms with Crippen LogP contribution in [0.4, 0.5) is 0 Å². The van der Waals surface area contributed by atoms with Crippen LogP contribution in [-0.4, -0.2) is 22.3 Å². The van der Waals surface area contributed by atoms with Gasteiger partial charge in [0.15, 0.2) is 0 Å². The van der Waals surface area contributed by atoms with E-state index in [1.54, 1.807) is 12.3 Å². The van der Waals surface area contributed by atoms with Crippen molar-refractivity contribution < 1.29 is 4.79 Å². The van der Waals surface area contributed by atoms with Crippen LogP contribution >= 0.6 is 11.6 Å². The minimum atomic E-state index is 0.245. The zero-order chi connectivity index (χ0) is 12.5. The molecule has 1 aliphatic rings. The van der Waals surface area contributed by atoms with E-state index >= 15 is 0 Å². The Hall–Kier alpha value is -1.61. The number of amides is 1. The fraction of sp³-hybridized carbons (Fsp3) is 0.286. The summed E-state index contributed by atoms with van der Waals surface area (Å²) in [6, 6.07) is 7.78. The molecule has 1 aromatic heterocycles. The van der Waals surface area contributed by atoms with Gasteiger partial charge in [-0.2, -0.15) is 0 Å². The molecule has 0 atom stereocenters. The van der Waals surface area contributed by atoms with Gasteiger partial charge in [0.1, 0.15) is 0 Å². The monoisotopic (exact) mass is 260 g/mol. The number of hydrogen-bond donors (Lipinski definition) is 0. The Morgan fingerprint density at radius 1 is 1.33 bits per heavy atom. The third-order valence-electron chi connectivity index (χ3n) is 3.30. The summed E-state index contributed by atoms with van der Waals surface area (Å²) in [7, 11) is 0. The van der Waals surface area contributed by atoms with Crippen LogP contribution < -0.4 is 0 Å². The van der Waals surface area contributed by atoms with Gasteiger partial charge in [-0.05, 0) is 24.1 Å². The van der Waals surface area contributed by atoms with E-state index in [2.05, 4.69) is 4.98 Å². The number of fused-ring (bicyclic) bond motifs is 1. The van der Waals surface area contributed by atoms with E-state index in [0.29, 0.717) is 18.0 Å². The first-order valence-electron chi connectivity index (χ1n) is 6.05. The largest absolute Gasteiger partial charge is 0.338 e. The van der Waals surface area contributed by atoms with Crippen molar-refractivity contribution in [2.24, 2.45) is 0 Å². The molecule has 3 rings (SSSR count). The van der Waals surface area contributed by atoms with Crippen LogP contribution in [-0.2, 0) is 11.3 Å².